The number of hydrogen-bond donors (Lipinski definition) is 1. The average Bonchev–Trinajstić information content (AvgIpc) is 2.83. The van der Waals surface area contributed by atoms with E-state index in [-0.39, 0.29) is 11.5 Å². The van der Waals surface area contributed by atoms with Gasteiger partial charge >= 0.3 is 0 Å². The summed E-state index contributed by atoms with van der Waals surface area (Å²) in [5.74, 6) is 6.51. The van der Waals surface area contributed by atoms with Gasteiger partial charge in [0.15, 0.2) is 5.78 Å². The van der Waals surface area contributed by atoms with Gasteiger partial charge in [-0.3, -0.25) is 4.79 Å². The number of aromatic nitrogens is 1. The summed E-state index contributed by atoms with van der Waals surface area (Å²) in [6.07, 6.45) is 3.47. The molecule has 0 radical (unpaired) electrons. The Morgan fingerprint density at radius 2 is 1.84 bits per heavy atom. The fourth-order valence-corrected chi connectivity index (χ4v) is 2.23. The van der Waals surface area contributed by atoms with Gasteiger partial charge in [0.2, 0.25) is 0 Å². The number of nitrogens with zero attached hydrogens (tertiary/aromatic N) is 1. The van der Waals surface area contributed by atoms with Crippen LogP contribution in [-0.4, -0.2) is 15.5 Å². The van der Waals surface area contributed by atoms with Gasteiger partial charge < -0.3 is 9.67 Å². The van der Waals surface area contributed by atoms with Gasteiger partial charge in [-0.2, -0.15) is 0 Å². The van der Waals surface area contributed by atoms with E-state index in [9.17, 15) is 9.90 Å². The number of benzene rings is 1. The second kappa shape index (κ2) is 4.66. The number of aryl methyl sites for hydroxylation is 1. The summed E-state index contributed by atoms with van der Waals surface area (Å²) in [7, 11) is 0. The summed E-state index contributed by atoms with van der Waals surface area (Å²) >= 11 is 0. The largest absolute Gasteiger partial charge is 0.508 e. The van der Waals surface area contributed by atoms with Crippen LogP contribution in [0.25, 0.3) is 0 Å². The molecule has 0 spiro atoms. The minimum Gasteiger partial charge on any atom is -0.508 e. The monoisotopic (exact) mass is 251 g/mol. The molecule has 2 heterocycles. The zero-order valence-corrected chi connectivity index (χ0v) is 10.4. The van der Waals surface area contributed by atoms with Crippen molar-refractivity contribution in [2.24, 2.45) is 0 Å². The molecule has 0 saturated heterocycles. The lowest BCUT2D eigenvalue weighted by Crippen LogP contribution is -2.14. The normalized spacial score (nSPS) is 13.6. The minimum absolute atomic E-state index is 0.198. The van der Waals surface area contributed by atoms with Gasteiger partial charge in [-0.15, -0.1) is 0 Å². The number of aromatic hydroxyl groups is 1. The quantitative estimate of drug-likeness (QED) is 0.731. The minimum atomic E-state index is 0.198. The maximum absolute atomic E-state index is 11.7. The van der Waals surface area contributed by atoms with Gasteiger partial charge in [0.25, 0.3) is 0 Å². The molecule has 19 heavy (non-hydrogen) atoms. The number of phenolic OH excluding ortho intramolecular Hbond substituents is 1. The Hall–Kier alpha value is -2.47. The van der Waals surface area contributed by atoms with Crippen LogP contribution in [0.3, 0.4) is 0 Å². The van der Waals surface area contributed by atoms with Crippen molar-refractivity contribution in [2.75, 3.05) is 0 Å². The Kier molecular flexibility index (Phi) is 2.85. The van der Waals surface area contributed by atoms with Crippen LogP contribution in [0.5, 0.6) is 5.75 Å². The van der Waals surface area contributed by atoms with Crippen molar-refractivity contribution in [1.29, 1.82) is 0 Å². The van der Waals surface area contributed by atoms with Crippen LogP contribution in [0.4, 0.5) is 0 Å². The predicted molar refractivity (Wildman–Crippen MR) is 72.1 cm³/mol. The van der Waals surface area contributed by atoms with E-state index in [0.717, 1.165) is 29.8 Å². The highest BCUT2D eigenvalue weighted by atomic mass is 16.3. The van der Waals surface area contributed by atoms with Gasteiger partial charge in [0.05, 0.1) is 5.69 Å². The van der Waals surface area contributed by atoms with Crippen molar-refractivity contribution >= 4 is 5.78 Å². The Labute approximate surface area is 111 Å². The van der Waals surface area contributed by atoms with E-state index in [0.29, 0.717) is 6.42 Å². The zero-order valence-electron chi connectivity index (χ0n) is 10.4. The molecule has 0 amide bonds. The van der Waals surface area contributed by atoms with E-state index in [1.807, 2.05) is 16.8 Å². The van der Waals surface area contributed by atoms with Crippen LogP contribution in [0.15, 0.2) is 36.5 Å². The van der Waals surface area contributed by atoms with Crippen LogP contribution in [-0.2, 0) is 6.54 Å². The smallest absolute Gasteiger partial charge is 0.179 e. The summed E-state index contributed by atoms with van der Waals surface area (Å²) in [4.78, 5) is 11.7. The molecule has 0 aliphatic carbocycles. The third-order valence-electron chi connectivity index (χ3n) is 3.20. The molecule has 1 N–H and O–H groups in total. The third kappa shape index (κ3) is 2.38. The molecular weight excluding hydrogens is 238 g/mol. The summed E-state index contributed by atoms with van der Waals surface area (Å²) < 4.78 is 1.98. The Morgan fingerprint density at radius 1 is 1.11 bits per heavy atom. The van der Waals surface area contributed by atoms with Crippen LogP contribution in [0.2, 0.25) is 0 Å². The standard InChI is InChI=1S/C16H13NO2/c18-14-7-5-12(6-8-14)3-4-13-10-15-16(19)2-1-9-17(15)11-13/h5-8,10-11,18H,1-2,9H2. The van der Waals surface area contributed by atoms with Gasteiger partial charge in [-0.25, -0.2) is 0 Å². The number of fused-ring (bicyclic) bond motifs is 1. The summed E-state index contributed by atoms with van der Waals surface area (Å²) in [5.41, 5.74) is 2.47. The van der Waals surface area contributed by atoms with Crippen LogP contribution < -0.4 is 0 Å². The maximum Gasteiger partial charge on any atom is 0.179 e. The van der Waals surface area contributed by atoms with E-state index >= 15 is 0 Å². The lowest BCUT2D eigenvalue weighted by Gasteiger charge is -2.12. The molecule has 1 aliphatic heterocycles. The molecule has 3 nitrogen and oxygen atoms in total. The van der Waals surface area contributed by atoms with Crippen LogP contribution in [0.1, 0.15) is 34.5 Å². The molecule has 2 aromatic rings. The van der Waals surface area contributed by atoms with Gasteiger partial charge in [-0.05, 0) is 36.8 Å². The van der Waals surface area contributed by atoms with Crippen LogP contribution >= 0.6 is 0 Å². The van der Waals surface area contributed by atoms with E-state index in [1.165, 1.54) is 0 Å². The first-order valence-corrected chi connectivity index (χ1v) is 6.27. The molecule has 0 bridgehead atoms. The molecule has 1 aliphatic rings. The predicted octanol–water partition coefficient (Wildman–Crippen LogP) is 2.57. The highest BCUT2D eigenvalue weighted by Crippen LogP contribution is 2.17. The first kappa shape index (κ1) is 11.6. The van der Waals surface area contributed by atoms with Gasteiger partial charge in [0.1, 0.15) is 5.75 Å². The Morgan fingerprint density at radius 3 is 2.58 bits per heavy atom. The summed E-state index contributed by atoms with van der Waals surface area (Å²) in [6.45, 7) is 0.891. The summed E-state index contributed by atoms with van der Waals surface area (Å²) in [6, 6.07) is 8.61. The molecule has 1 aromatic heterocycles. The molecule has 0 unspecified atom stereocenters. The fourth-order valence-electron chi connectivity index (χ4n) is 2.23. The number of carbonyl (C=O) groups is 1. The van der Waals surface area contributed by atoms with Crippen molar-refractivity contribution in [2.45, 2.75) is 19.4 Å². The Bertz CT molecular complexity index is 684. The van der Waals surface area contributed by atoms with Crippen molar-refractivity contribution in [3.63, 3.8) is 0 Å². The molecule has 3 heteroatoms. The second-order valence-corrected chi connectivity index (χ2v) is 4.63. The molecular formula is C16H13NO2. The zero-order chi connectivity index (χ0) is 13.2. The van der Waals surface area contributed by atoms with Gasteiger partial charge in [0, 0.05) is 30.3 Å². The van der Waals surface area contributed by atoms with Crippen LogP contribution in [0, 0.1) is 11.8 Å². The van der Waals surface area contributed by atoms with Crippen molar-refractivity contribution in [3.8, 4) is 17.6 Å². The highest BCUT2D eigenvalue weighted by molar-refractivity contribution is 5.95. The van der Waals surface area contributed by atoms with E-state index in [2.05, 4.69) is 11.8 Å². The second-order valence-electron chi connectivity index (χ2n) is 4.63. The number of hydrogen-bond acceptors (Lipinski definition) is 2. The lowest BCUT2D eigenvalue weighted by molar-refractivity contribution is 0.0955. The number of Topliss-reactive ketones (excluding diaryl/α,β-unsaturated/α-hetero) is 1. The maximum atomic E-state index is 11.7. The Balaban J connectivity index is 1.88. The molecule has 0 saturated carbocycles. The van der Waals surface area contributed by atoms with Gasteiger partial charge in [-0.1, -0.05) is 11.8 Å². The lowest BCUT2D eigenvalue weighted by atomic mass is 10.1. The molecule has 1 aromatic carbocycles. The number of ketones is 1. The topological polar surface area (TPSA) is 42.2 Å². The first-order chi connectivity index (χ1) is 9.22. The van der Waals surface area contributed by atoms with Crippen molar-refractivity contribution in [1.82, 2.24) is 4.57 Å². The molecule has 3 rings (SSSR count). The molecule has 0 fully saturated rings. The highest BCUT2D eigenvalue weighted by Gasteiger charge is 2.17. The number of rotatable bonds is 0. The van der Waals surface area contributed by atoms with E-state index in [4.69, 9.17) is 0 Å². The molecule has 0 atom stereocenters. The SMILES string of the molecule is O=C1CCCn2cc(C#Cc3ccc(O)cc3)cc21. The third-order valence-corrected chi connectivity index (χ3v) is 3.20. The van der Waals surface area contributed by atoms with E-state index < -0.39 is 0 Å². The van der Waals surface area contributed by atoms with Crippen molar-refractivity contribution in [3.05, 3.63) is 53.3 Å². The van der Waals surface area contributed by atoms with Crippen molar-refractivity contribution < 1.29 is 9.90 Å². The number of phenols is 1. The molecule has 94 valence electrons. The average molecular weight is 251 g/mol. The first-order valence-electron chi connectivity index (χ1n) is 6.27. The number of carbonyl (C=O) groups excluding carboxylic acids is 1. The fraction of sp³-hybridized carbons (Fsp3) is 0.188. The van der Waals surface area contributed by atoms with E-state index in [1.54, 1.807) is 24.3 Å². The summed E-state index contributed by atoms with van der Waals surface area (Å²) in [5, 5.41) is 9.19.